The van der Waals surface area contributed by atoms with Crippen molar-refractivity contribution < 1.29 is 0 Å². The fourth-order valence-corrected chi connectivity index (χ4v) is 3.61. The van der Waals surface area contributed by atoms with Crippen molar-refractivity contribution in [2.24, 2.45) is 0 Å². The summed E-state index contributed by atoms with van der Waals surface area (Å²) in [5.41, 5.74) is 2.62. The lowest BCUT2D eigenvalue weighted by Gasteiger charge is -2.28. The molecule has 0 radical (unpaired) electrons. The lowest BCUT2D eigenvalue weighted by Crippen LogP contribution is -2.27. The number of hydrogen-bond acceptors (Lipinski definition) is 5. The topological polar surface area (TPSA) is 70.6 Å². The van der Waals surface area contributed by atoms with Crippen LogP contribution in [0.2, 0.25) is 0 Å². The van der Waals surface area contributed by atoms with Crippen LogP contribution in [-0.2, 0) is 12.8 Å². The summed E-state index contributed by atoms with van der Waals surface area (Å²) < 4.78 is 0. The molecule has 2 aromatic heterocycles. The second kappa shape index (κ2) is 5.09. The van der Waals surface area contributed by atoms with Crippen molar-refractivity contribution >= 4 is 5.82 Å². The number of aryl methyl sites for hydroxylation is 2. The van der Waals surface area contributed by atoms with Crippen LogP contribution in [-0.4, -0.2) is 31.7 Å². The van der Waals surface area contributed by atoms with E-state index in [0.717, 1.165) is 43.3 Å². The number of rotatable bonds is 2. The van der Waals surface area contributed by atoms with Gasteiger partial charge in [0.05, 0.1) is 6.04 Å². The quantitative estimate of drug-likeness (QED) is 0.914. The summed E-state index contributed by atoms with van der Waals surface area (Å²) >= 11 is 0. The smallest absolute Gasteiger partial charge is 0.147 e. The van der Waals surface area contributed by atoms with E-state index >= 15 is 0 Å². The second-order valence-corrected chi connectivity index (χ2v) is 5.95. The molecule has 1 fully saturated rings. The Balaban J connectivity index is 1.77. The largest absolute Gasteiger partial charge is 0.346 e. The van der Waals surface area contributed by atoms with Gasteiger partial charge in [-0.3, -0.25) is 5.10 Å². The van der Waals surface area contributed by atoms with Gasteiger partial charge in [0.1, 0.15) is 23.8 Å². The molecule has 0 spiro atoms. The van der Waals surface area contributed by atoms with Crippen LogP contribution < -0.4 is 4.90 Å². The molecule has 0 aromatic carbocycles. The van der Waals surface area contributed by atoms with Crippen LogP contribution in [0.15, 0.2) is 6.33 Å². The van der Waals surface area contributed by atoms with Crippen molar-refractivity contribution in [1.29, 1.82) is 0 Å². The van der Waals surface area contributed by atoms with Crippen LogP contribution in [0, 0.1) is 6.92 Å². The van der Waals surface area contributed by atoms with E-state index in [4.69, 9.17) is 4.98 Å². The van der Waals surface area contributed by atoms with Crippen molar-refractivity contribution in [3.8, 4) is 0 Å². The molecule has 1 aliphatic carbocycles. The van der Waals surface area contributed by atoms with Crippen molar-refractivity contribution in [3.63, 3.8) is 0 Å². The molecule has 0 saturated carbocycles. The third-order valence-corrected chi connectivity index (χ3v) is 4.55. The van der Waals surface area contributed by atoms with Gasteiger partial charge >= 0.3 is 0 Å². The molecule has 6 nitrogen and oxygen atoms in total. The molecule has 1 saturated heterocycles. The second-order valence-electron chi connectivity index (χ2n) is 5.95. The minimum absolute atomic E-state index is 0.271. The van der Waals surface area contributed by atoms with E-state index in [1.165, 1.54) is 30.5 Å². The highest BCUT2D eigenvalue weighted by atomic mass is 15.3. The molecule has 1 N–H and O–H groups in total. The molecule has 3 heterocycles. The molecule has 0 amide bonds. The SMILES string of the molecule is Cc1nc2c(c(N3CCC[C@H]3c3ncn[nH]3)n1)CCCC2. The summed E-state index contributed by atoms with van der Waals surface area (Å²) in [5.74, 6) is 2.97. The Hall–Kier alpha value is -1.98. The molecule has 2 aliphatic rings. The summed E-state index contributed by atoms with van der Waals surface area (Å²) in [5, 5.41) is 7.03. The molecule has 21 heavy (non-hydrogen) atoms. The van der Waals surface area contributed by atoms with Gasteiger partial charge in [-0.25, -0.2) is 15.0 Å². The summed E-state index contributed by atoms with van der Waals surface area (Å²) in [6.45, 7) is 3.03. The highest BCUT2D eigenvalue weighted by molar-refractivity contribution is 5.52. The maximum absolute atomic E-state index is 4.78. The predicted molar refractivity (Wildman–Crippen MR) is 79.1 cm³/mol. The van der Waals surface area contributed by atoms with Gasteiger partial charge in [0.2, 0.25) is 0 Å². The molecular weight excluding hydrogens is 264 g/mol. The lowest BCUT2D eigenvalue weighted by molar-refractivity contribution is 0.629. The van der Waals surface area contributed by atoms with Crippen molar-refractivity contribution in [3.05, 3.63) is 29.2 Å². The van der Waals surface area contributed by atoms with Crippen LogP contribution >= 0.6 is 0 Å². The summed E-state index contributed by atoms with van der Waals surface area (Å²) in [6, 6.07) is 0.271. The number of hydrogen-bond donors (Lipinski definition) is 1. The van der Waals surface area contributed by atoms with Crippen LogP contribution in [0.3, 0.4) is 0 Å². The minimum atomic E-state index is 0.271. The molecular formula is C15H20N6. The van der Waals surface area contributed by atoms with Crippen LogP contribution in [0.5, 0.6) is 0 Å². The van der Waals surface area contributed by atoms with Gasteiger partial charge < -0.3 is 4.90 Å². The van der Waals surface area contributed by atoms with E-state index in [-0.39, 0.29) is 6.04 Å². The van der Waals surface area contributed by atoms with Gasteiger partial charge in [-0.05, 0) is 45.4 Å². The van der Waals surface area contributed by atoms with E-state index in [0.29, 0.717) is 0 Å². The van der Waals surface area contributed by atoms with E-state index in [2.05, 4.69) is 25.1 Å². The van der Waals surface area contributed by atoms with Crippen LogP contribution in [0.25, 0.3) is 0 Å². The van der Waals surface area contributed by atoms with Gasteiger partial charge in [0.15, 0.2) is 0 Å². The Morgan fingerprint density at radius 3 is 2.95 bits per heavy atom. The maximum atomic E-state index is 4.78. The van der Waals surface area contributed by atoms with E-state index in [9.17, 15) is 0 Å². The zero-order chi connectivity index (χ0) is 14.2. The first-order valence-electron chi connectivity index (χ1n) is 7.81. The van der Waals surface area contributed by atoms with Crippen LogP contribution in [0.4, 0.5) is 5.82 Å². The average Bonchev–Trinajstić information content (AvgIpc) is 3.17. The van der Waals surface area contributed by atoms with Crippen molar-refractivity contribution in [1.82, 2.24) is 25.1 Å². The Morgan fingerprint density at radius 2 is 2.10 bits per heavy atom. The number of fused-ring (bicyclic) bond motifs is 1. The van der Waals surface area contributed by atoms with Gasteiger partial charge in [-0.2, -0.15) is 5.10 Å². The molecule has 1 atom stereocenters. The molecule has 2 aromatic rings. The fraction of sp³-hybridized carbons (Fsp3) is 0.600. The Kier molecular flexibility index (Phi) is 3.09. The normalized spacial score (nSPS) is 21.6. The van der Waals surface area contributed by atoms with E-state index in [1.807, 2.05) is 6.92 Å². The Bertz CT molecular complexity index is 636. The van der Waals surface area contributed by atoms with Gasteiger partial charge in [0.25, 0.3) is 0 Å². The zero-order valence-electron chi connectivity index (χ0n) is 12.3. The van der Waals surface area contributed by atoms with Gasteiger partial charge in [-0.1, -0.05) is 0 Å². The van der Waals surface area contributed by atoms with Gasteiger partial charge in [0, 0.05) is 17.8 Å². The first-order valence-corrected chi connectivity index (χ1v) is 7.81. The van der Waals surface area contributed by atoms with E-state index < -0.39 is 0 Å². The fourth-order valence-electron chi connectivity index (χ4n) is 3.61. The predicted octanol–water partition coefficient (Wildman–Crippen LogP) is 2.12. The van der Waals surface area contributed by atoms with Gasteiger partial charge in [-0.15, -0.1) is 0 Å². The lowest BCUT2D eigenvalue weighted by atomic mass is 9.96. The van der Waals surface area contributed by atoms with Crippen LogP contribution in [0.1, 0.15) is 54.6 Å². The van der Waals surface area contributed by atoms with E-state index in [1.54, 1.807) is 6.33 Å². The number of nitrogens with zero attached hydrogens (tertiary/aromatic N) is 5. The summed E-state index contributed by atoms with van der Waals surface area (Å²) in [7, 11) is 0. The molecule has 4 rings (SSSR count). The Labute approximate surface area is 124 Å². The third kappa shape index (κ3) is 2.18. The monoisotopic (exact) mass is 284 g/mol. The molecule has 6 heteroatoms. The third-order valence-electron chi connectivity index (χ3n) is 4.55. The highest BCUT2D eigenvalue weighted by Crippen LogP contribution is 2.37. The Morgan fingerprint density at radius 1 is 1.19 bits per heavy atom. The first-order chi connectivity index (χ1) is 10.3. The molecule has 0 bridgehead atoms. The first kappa shape index (κ1) is 12.7. The van der Waals surface area contributed by atoms with Crippen molar-refractivity contribution in [2.45, 2.75) is 51.5 Å². The number of aromatic nitrogens is 5. The minimum Gasteiger partial charge on any atom is -0.346 e. The highest BCUT2D eigenvalue weighted by Gasteiger charge is 2.32. The van der Waals surface area contributed by atoms with Crippen molar-refractivity contribution in [2.75, 3.05) is 11.4 Å². The number of anilines is 1. The summed E-state index contributed by atoms with van der Waals surface area (Å²) in [4.78, 5) is 16.2. The summed E-state index contributed by atoms with van der Waals surface area (Å²) in [6.07, 6.45) is 8.54. The number of nitrogens with one attached hydrogen (secondary N) is 1. The number of H-pyrrole nitrogens is 1. The zero-order valence-corrected chi connectivity index (χ0v) is 12.3. The molecule has 0 unspecified atom stereocenters. The average molecular weight is 284 g/mol. The molecule has 1 aliphatic heterocycles. The molecule has 110 valence electrons. The number of aromatic amines is 1. The standard InChI is InChI=1S/C15H20N6/c1-10-18-12-6-3-2-5-11(12)15(19-10)21-8-4-7-13(21)14-16-9-17-20-14/h9,13H,2-8H2,1H3,(H,16,17,20)/t13-/m0/s1. The maximum Gasteiger partial charge on any atom is 0.147 e.